The minimum Gasteiger partial charge on any atom is -0.414 e. The van der Waals surface area contributed by atoms with Gasteiger partial charge >= 0.3 is 6.03 Å². The second-order valence-corrected chi connectivity index (χ2v) is 22.8. The highest BCUT2D eigenvalue weighted by Gasteiger charge is 2.67. The second-order valence-electron chi connectivity index (χ2n) is 11.9. The van der Waals surface area contributed by atoms with Crippen molar-refractivity contribution in [1.29, 1.82) is 0 Å². The Balaban J connectivity index is 2.56. The van der Waals surface area contributed by atoms with E-state index >= 15 is 0 Å². The number of nitrogens with two attached hydrogens (primary N) is 2. The van der Waals surface area contributed by atoms with Crippen molar-refractivity contribution in [3.8, 4) is 0 Å². The molecule has 192 valence electrons. The van der Waals surface area contributed by atoms with Crippen LogP contribution in [0.2, 0.25) is 36.3 Å². The maximum Gasteiger partial charge on any atom is 0.314 e. The normalized spacial score (nSPS) is 30.5. The number of amides is 2. The lowest BCUT2D eigenvalue weighted by atomic mass is 9.89. The van der Waals surface area contributed by atoms with Gasteiger partial charge in [-0.25, -0.2) is 8.98 Å². The first-order valence-corrected chi connectivity index (χ1v) is 18.3. The van der Waals surface area contributed by atoms with Gasteiger partial charge in [0.2, 0.25) is 0 Å². The van der Waals surface area contributed by atoms with Crippen LogP contribution in [0, 0.1) is 0 Å². The van der Waals surface area contributed by atoms with Crippen LogP contribution in [0.15, 0.2) is 11.1 Å². The number of carbonyl (C=O) groups is 1. The monoisotopic (exact) mass is 523 g/mol. The minimum atomic E-state index is -4.10. The number of carbonyl (C=O) groups excluding carboxylic acids is 1. The van der Waals surface area contributed by atoms with E-state index in [1.807, 2.05) is 33.9 Å². The molecule has 2 rings (SSSR count). The number of urea groups is 1. The molecule has 1 fully saturated rings. The lowest BCUT2D eigenvalue weighted by Gasteiger charge is -2.43. The fourth-order valence-electron chi connectivity index (χ4n) is 3.28. The Morgan fingerprint density at radius 3 is 2.03 bits per heavy atom. The molecule has 0 aromatic carbocycles. The van der Waals surface area contributed by atoms with Crippen LogP contribution in [0.3, 0.4) is 0 Å². The fourth-order valence-corrected chi connectivity index (χ4v) is 6.79. The van der Waals surface area contributed by atoms with E-state index < -0.39 is 56.8 Å². The van der Waals surface area contributed by atoms with Crippen molar-refractivity contribution < 1.29 is 31.0 Å². The molecule has 3 unspecified atom stereocenters. The van der Waals surface area contributed by atoms with E-state index in [-0.39, 0.29) is 22.4 Å². The summed E-state index contributed by atoms with van der Waals surface area (Å²) < 4.78 is 49.7. The zero-order chi connectivity index (χ0) is 25.8. The van der Waals surface area contributed by atoms with E-state index in [0.717, 1.165) is 5.41 Å². The van der Waals surface area contributed by atoms with Crippen molar-refractivity contribution in [2.45, 2.75) is 102 Å². The first-order chi connectivity index (χ1) is 14.6. The molecule has 4 atom stereocenters. The number of rotatable bonds is 6. The number of hydrogen-bond donors (Lipinski definition) is 3. The van der Waals surface area contributed by atoms with E-state index in [4.69, 9.17) is 29.2 Å². The van der Waals surface area contributed by atoms with Crippen LogP contribution in [0.1, 0.15) is 41.5 Å². The highest BCUT2D eigenvalue weighted by atomic mass is 32.2. The highest BCUT2D eigenvalue weighted by molar-refractivity contribution is 7.90. The van der Waals surface area contributed by atoms with E-state index in [0.29, 0.717) is 0 Å². The third kappa shape index (κ3) is 5.49. The molecule has 2 heterocycles. The van der Waals surface area contributed by atoms with E-state index in [9.17, 15) is 13.2 Å². The Labute approximate surface area is 200 Å². The average Bonchev–Trinajstić information content (AvgIpc) is 2.97. The SMILES string of the molecule is CC(C)(C)[Si](C)(C)OCC1O[C@H](NC(N)=O)C(O[Si](C)(C)C(C)(C)C)C12OS(=O)(=O)C=C2N. The largest absolute Gasteiger partial charge is 0.414 e. The molecule has 0 aliphatic carbocycles. The summed E-state index contributed by atoms with van der Waals surface area (Å²) in [5.74, 6) is 0. The number of ether oxygens (including phenoxy) is 1. The van der Waals surface area contributed by atoms with E-state index in [1.165, 1.54) is 0 Å². The molecular formula is C20H41N3O7SSi2. The van der Waals surface area contributed by atoms with Gasteiger partial charge in [-0.3, -0.25) is 0 Å². The van der Waals surface area contributed by atoms with Crippen molar-refractivity contribution in [3.63, 3.8) is 0 Å². The molecule has 1 spiro atoms. The van der Waals surface area contributed by atoms with Gasteiger partial charge in [-0.05, 0) is 36.3 Å². The van der Waals surface area contributed by atoms with Gasteiger partial charge in [-0.1, -0.05) is 41.5 Å². The first-order valence-electron chi connectivity index (χ1n) is 11.0. The molecule has 2 aliphatic rings. The predicted octanol–water partition coefficient (Wildman–Crippen LogP) is 2.69. The summed E-state index contributed by atoms with van der Waals surface area (Å²) >= 11 is 0. The summed E-state index contributed by atoms with van der Waals surface area (Å²) in [6.07, 6.45) is -3.08. The molecule has 0 aromatic rings. The quantitative estimate of drug-likeness (QED) is 0.355. The maximum absolute atomic E-state index is 12.5. The Kier molecular flexibility index (Phi) is 7.37. The smallest absolute Gasteiger partial charge is 0.314 e. The van der Waals surface area contributed by atoms with Crippen LogP contribution in [0.25, 0.3) is 0 Å². The van der Waals surface area contributed by atoms with E-state index in [2.05, 4.69) is 39.2 Å². The second kappa shape index (κ2) is 8.61. The van der Waals surface area contributed by atoms with Gasteiger partial charge < -0.3 is 30.4 Å². The Morgan fingerprint density at radius 2 is 1.64 bits per heavy atom. The fraction of sp³-hybridized carbons (Fsp3) is 0.850. The molecule has 0 aromatic heterocycles. The van der Waals surface area contributed by atoms with Gasteiger partial charge in [0.15, 0.2) is 28.5 Å². The minimum absolute atomic E-state index is 0.00879. The van der Waals surface area contributed by atoms with Crippen molar-refractivity contribution >= 4 is 32.8 Å². The molecule has 2 amide bonds. The van der Waals surface area contributed by atoms with E-state index in [1.54, 1.807) is 0 Å². The van der Waals surface area contributed by atoms with Crippen LogP contribution >= 0.6 is 0 Å². The summed E-state index contributed by atoms with van der Waals surface area (Å²) in [6.45, 7) is 20.6. The third-order valence-corrected chi connectivity index (χ3v) is 17.4. The van der Waals surface area contributed by atoms with Crippen molar-refractivity contribution in [2.24, 2.45) is 11.5 Å². The lowest BCUT2D eigenvalue weighted by Crippen LogP contribution is -2.61. The molecule has 13 heteroatoms. The summed E-state index contributed by atoms with van der Waals surface area (Å²) in [4.78, 5) is 11.8. The zero-order valence-corrected chi connectivity index (χ0v) is 24.3. The summed E-state index contributed by atoms with van der Waals surface area (Å²) in [7, 11) is -8.85. The molecule has 1 saturated heterocycles. The number of hydrogen-bond acceptors (Lipinski definition) is 8. The maximum atomic E-state index is 12.5. The van der Waals surface area contributed by atoms with Crippen LogP contribution in [0.4, 0.5) is 4.79 Å². The zero-order valence-electron chi connectivity index (χ0n) is 21.4. The molecule has 5 N–H and O–H groups in total. The van der Waals surface area contributed by atoms with Crippen molar-refractivity contribution in [1.82, 2.24) is 5.32 Å². The topological polar surface area (TPSA) is 152 Å². The molecule has 0 radical (unpaired) electrons. The third-order valence-electron chi connectivity index (χ3n) is 7.38. The molecular weight excluding hydrogens is 482 g/mol. The number of nitrogens with one attached hydrogen (secondary N) is 1. The van der Waals surface area contributed by atoms with Crippen LogP contribution in [-0.2, 0) is 27.9 Å². The average molecular weight is 524 g/mol. The molecule has 33 heavy (non-hydrogen) atoms. The van der Waals surface area contributed by atoms with Gasteiger partial charge in [-0.2, -0.15) is 8.42 Å². The highest BCUT2D eigenvalue weighted by Crippen LogP contribution is 2.49. The van der Waals surface area contributed by atoms with Crippen molar-refractivity contribution in [2.75, 3.05) is 6.61 Å². The number of primary amides is 1. The van der Waals surface area contributed by atoms with Crippen LogP contribution in [0.5, 0.6) is 0 Å². The van der Waals surface area contributed by atoms with Gasteiger partial charge in [0.05, 0.1) is 17.7 Å². The molecule has 10 nitrogen and oxygen atoms in total. The predicted molar refractivity (Wildman–Crippen MR) is 132 cm³/mol. The van der Waals surface area contributed by atoms with Gasteiger partial charge in [-0.15, -0.1) is 0 Å². The molecule has 0 bridgehead atoms. The Morgan fingerprint density at radius 1 is 1.12 bits per heavy atom. The van der Waals surface area contributed by atoms with Crippen molar-refractivity contribution in [3.05, 3.63) is 11.1 Å². The molecule has 2 aliphatic heterocycles. The van der Waals surface area contributed by atoms with Gasteiger partial charge in [0, 0.05) is 0 Å². The summed E-state index contributed by atoms with van der Waals surface area (Å²) in [5.41, 5.74) is 9.96. The van der Waals surface area contributed by atoms with Gasteiger partial charge in [0.1, 0.15) is 12.2 Å². The summed E-state index contributed by atoms with van der Waals surface area (Å²) in [6, 6.07) is -0.839. The Bertz CT molecular complexity index is 910. The summed E-state index contributed by atoms with van der Waals surface area (Å²) in [5, 5.41) is 3.10. The van der Waals surface area contributed by atoms with Crippen LogP contribution in [-0.4, -0.2) is 61.7 Å². The standard InChI is InChI=1S/C20H41N3O7SSi2/c1-18(2,3)32(7,8)27-11-14-20(13(21)12-31(25,26)30-20)15(16(28-14)23-17(22)24)29-33(9,10)19(4,5)6/h12,14-16H,11,21H2,1-10H3,(H3,22,23,24)/t14?,15?,16-,20?/m0/s1. The Hall–Kier alpha value is -0.966. The van der Waals surface area contributed by atoms with Crippen LogP contribution < -0.4 is 16.8 Å². The lowest BCUT2D eigenvalue weighted by molar-refractivity contribution is -0.0419. The van der Waals surface area contributed by atoms with Gasteiger partial charge in [0.25, 0.3) is 10.1 Å². The first kappa shape index (κ1) is 28.3. The molecule has 0 saturated carbocycles.